The largest absolute Gasteiger partial charge is 0.497 e. The molecule has 0 atom stereocenters. The number of aromatic nitrogens is 1. The predicted molar refractivity (Wildman–Crippen MR) is 84.6 cm³/mol. The third-order valence-electron chi connectivity index (χ3n) is 4.10. The molecule has 0 radical (unpaired) electrons. The Kier molecular flexibility index (Phi) is 4.27. The Hall–Kier alpha value is -2.06. The third kappa shape index (κ3) is 3.18. The molecule has 8 heteroatoms. The minimum absolute atomic E-state index is 0.174. The molecular formula is C15H19N3O4S. The number of anilines is 1. The summed E-state index contributed by atoms with van der Waals surface area (Å²) >= 11 is 0. The van der Waals surface area contributed by atoms with Gasteiger partial charge in [0.25, 0.3) is 0 Å². The number of benzene rings is 1. The smallest absolute Gasteiger partial charge is 0.243 e. The Balaban J connectivity index is 1.73. The first-order valence-corrected chi connectivity index (χ1v) is 8.81. The van der Waals surface area contributed by atoms with Crippen LogP contribution in [0.1, 0.15) is 24.5 Å². The molecule has 0 bridgehead atoms. The van der Waals surface area contributed by atoms with E-state index < -0.39 is 10.0 Å². The van der Waals surface area contributed by atoms with Crippen molar-refractivity contribution < 1.29 is 17.7 Å². The highest BCUT2D eigenvalue weighted by Gasteiger charge is 2.31. The van der Waals surface area contributed by atoms with Crippen molar-refractivity contribution in [3.05, 3.63) is 36.0 Å². The molecule has 7 nitrogen and oxygen atoms in total. The first kappa shape index (κ1) is 15.8. The van der Waals surface area contributed by atoms with Gasteiger partial charge in [-0.25, -0.2) is 8.42 Å². The number of hydrogen-bond acceptors (Lipinski definition) is 6. The average Bonchev–Trinajstić information content (AvgIpc) is 3.01. The van der Waals surface area contributed by atoms with Crippen LogP contribution in [0.25, 0.3) is 0 Å². The van der Waals surface area contributed by atoms with Gasteiger partial charge < -0.3 is 15.0 Å². The van der Waals surface area contributed by atoms with E-state index in [0.717, 1.165) is 5.69 Å². The predicted octanol–water partition coefficient (Wildman–Crippen LogP) is 1.83. The van der Waals surface area contributed by atoms with Gasteiger partial charge in [-0.05, 0) is 25.0 Å². The van der Waals surface area contributed by atoms with Crippen LogP contribution >= 0.6 is 0 Å². The second-order valence-electron chi connectivity index (χ2n) is 5.51. The van der Waals surface area contributed by atoms with Crippen LogP contribution in [0, 0.1) is 0 Å². The summed E-state index contributed by atoms with van der Waals surface area (Å²) < 4.78 is 36.9. The van der Waals surface area contributed by atoms with E-state index in [1.165, 1.54) is 11.4 Å². The maximum atomic E-state index is 12.7. The Morgan fingerprint density at radius 1 is 1.30 bits per heavy atom. The highest BCUT2D eigenvalue weighted by atomic mass is 32.2. The van der Waals surface area contributed by atoms with E-state index >= 15 is 0 Å². The normalized spacial score (nSPS) is 17.3. The minimum Gasteiger partial charge on any atom is -0.497 e. The minimum atomic E-state index is -3.51. The molecule has 0 saturated carbocycles. The maximum Gasteiger partial charge on any atom is 0.243 e. The Morgan fingerprint density at radius 2 is 2.04 bits per heavy atom. The fourth-order valence-electron chi connectivity index (χ4n) is 2.80. The molecule has 1 aromatic carbocycles. The van der Waals surface area contributed by atoms with E-state index in [9.17, 15) is 8.42 Å². The summed E-state index contributed by atoms with van der Waals surface area (Å²) in [5.74, 6) is 0.985. The maximum absolute atomic E-state index is 12.7. The van der Waals surface area contributed by atoms with Crippen LogP contribution in [0.4, 0.5) is 5.88 Å². The number of nitrogen functional groups attached to an aromatic ring is 1. The number of methoxy groups -OCH3 is 1. The monoisotopic (exact) mass is 337 g/mol. The standard InChI is InChI=1S/C15H19N3O4S/c1-21-12-3-2-4-13(9-12)23(19,20)18-7-5-11(6-8-18)14-10-15(16)22-17-14/h2-4,9-11H,5-8,16H2,1H3. The number of hydrogen-bond donors (Lipinski definition) is 1. The lowest BCUT2D eigenvalue weighted by atomic mass is 9.95. The Labute approximate surface area is 135 Å². The van der Waals surface area contributed by atoms with Gasteiger partial charge in [-0.2, -0.15) is 4.31 Å². The summed E-state index contributed by atoms with van der Waals surface area (Å²) in [7, 11) is -2.00. The molecule has 23 heavy (non-hydrogen) atoms. The van der Waals surface area contributed by atoms with Crippen molar-refractivity contribution in [1.29, 1.82) is 0 Å². The molecule has 1 saturated heterocycles. The molecule has 0 unspecified atom stereocenters. The van der Waals surface area contributed by atoms with Crippen LogP contribution in [0.3, 0.4) is 0 Å². The second kappa shape index (κ2) is 6.21. The van der Waals surface area contributed by atoms with E-state index in [1.807, 2.05) is 0 Å². The lowest BCUT2D eigenvalue weighted by molar-refractivity contribution is 0.309. The van der Waals surface area contributed by atoms with Crippen molar-refractivity contribution in [3.8, 4) is 5.75 Å². The molecule has 0 amide bonds. The second-order valence-corrected chi connectivity index (χ2v) is 7.45. The third-order valence-corrected chi connectivity index (χ3v) is 5.99. The lowest BCUT2D eigenvalue weighted by Gasteiger charge is -2.30. The zero-order chi connectivity index (χ0) is 16.4. The summed E-state index contributed by atoms with van der Waals surface area (Å²) in [6.45, 7) is 0.883. The Bertz CT molecular complexity index is 780. The number of sulfonamides is 1. The van der Waals surface area contributed by atoms with E-state index in [0.29, 0.717) is 31.7 Å². The van der Waals surface area contributed by atoms with Gasteiger partial charge in [-0.1, -0.05) is 11.2 Å². The molecule has 124 valence electrons. The van der Waals surface area contributed by atoms with Crippen LogP contribution in [0.15, 0.2) is 39.8 Å². The molecule has 1 aliphatic heterocycles. The van der Waals surface area contributed by atoms with E-state index in [1.54, 1.807) is 30.3 Å². The zero-order valence-corrected chi connectivity index (χ0v) is 13.6. The van der Waals surface area contributed by atoms with Gasteiger partial charge in [0.1, 0.15) is 5.75 Å². The van der Waals surface area contributed by atoms with Gasteiger partial charge in [0.05, 0.1) is 17.7 Å². The highest BCUT2D eigenvalue weighted by Crippen LogP contribution is 2.31. The van der Waals surface area contributed by atoms with Crippen LogP contribution in [-0.2, 0) is 10.0 Å². The average molecular weight is 337 g/mol. The molecule has 1 aliphatic rings. The van der Waals surface area contributed by atoms with Gasteiger partial charge in [-0.15, -0.1) is 0 Å². The topological polar surface area (TPSA) is 98.7 Å². The molecule has 2 aromatic rings. The van der Waals surface area contributed by atoms with Crippen molar-refractivity contribution in [2.75, 3.05) is 25.9 Å². The fraction of sp³-hybridized carbons (Fsp3) is 0.400. The van der Waals surface area contributed by atoms with Gasteiger partial charge in [0.15, 0.2) is 0 Å². The number of rotatable bonds is 4. The molecule has 2 N–H and O–H groups in total. The molecule has 0 spiro atoms. The van der Waals surface area contributed by atoms with Gasteiger partial charge >= 0.3 is 0 Å². The fourth-order valence-corrected chi connectivity index (χ4v) is 4.30. The molecule has 1 fully saturated rings. The zero-order valence-electron chi connectivity index (χ0n) is 12.8. The summed E-state index contributed by atoms with van der Waals surface area (Å²) in [5.41, 5.74) is 6.33. The quantitative estimate of drug-likeness (QED) is 0.914. The molecule has 0 aliphatic carbocycles. The first-order valence-electron chi connectivity index (χ1n) is 7.37. The van der Waals surface area contributed by atoms with E-state index in [4.69, 9.17) is 15.0 Å². The molecule has 3 rings (SSSR count). The summed E-state index contributed by atoms with van der Waals surface area (Å²) in [4.78, 5) is 0.251. The van der Waals surface area contributed by atoms with Gasteiger partial charge in [0.2, 0.25) is 15.9 Å². The number of ether oxygens (including phenoxy) is 1. The molecular weight excluding hydrogens is 318 g/mol. The number of nitrogens with two attached hydrogens (primary N) is 1. The van der Waals surface area contributed by atoms with Crippen LogP contribution in [-0.4, -0.2) is 38.1 Å². The van der Waals surface area contributed by atoms with Gasteiger partial charge in [-0.3, -0.25) is 0 Å². The first-order chi connectivity index (χ1) is 11.0. The van der Waals surface area contributed by atoms with Crippen molar-refractivity contribution >= 4 is 15.9 Å². The van der Waals surface area contributed by atoms with Crippen molar-refractivity contribution in [2.24, 2.45) is 0 Å². The van der Waals surface area contributed by atoms with E-state index in [-0.39, 0.29) is 16.7 Å². The SMILES string of the molecule is COc1cccc(S(=O)(=O)N2CCC(c3cc(N)on3)CC2)c1. The van der Waals surface area contributed by atoms with Crippen molar-refractivity contribution in [1.82, 2.24) is 9.46 Å². The highest BCUT2D eigenvalue weighted by molar-refractivity contribution is 7.89. The summed E-state index contributed by atoms with van der Waals surface area (Å²) in [6, 6.07) is 8.23. The number of nitrogens with zero attached hydrogens (tertiary/aromatic N) is 2. The lowest BCUT2D eigenvalue weighted by Crippen LogP contribution is -2.37. The van der Waals surface area contributed by atoms with Crippen molar-refractivity contribution in [3.63, 3.8) is 0 Å². The Morgan fingerprint density at radius 3 is 2.65 bits per heavy atom. The van der Waals surface area contributed by atoms with Crippen LogP contribution in [0.5, 0.6) is 5.75 Å². The molecule has 2 heterocycles. The van der Waals surface area contributed by atoms with Gasteiger partial charge in [0, 0.05) is 31.1 Å². The summed E-state index contributed by atoms with van der Waals surface area (Å²) in [6.07, 6.45) is 1.38. The molecule has 1 aromatic heterocycles. The van der Waals surface area contributed by atoms with E-state index in [2.05, 4.69) is 5.16 Å². The van der Waals surface area contributed by atoms with Crippen LogP contribution in [0.2, 0.25) is 0 Å². The van der Waals surface area contributed by atoms with Crippen molar-refractivity contribution in [2.45, 2.75) is 23.7 Å². The van der Waals surface area contributed by atoms with Crippen LogP contribution < -0.4 is 10.5 Å². The summed E-state index contributed by atoms with van der Waals surface area (Å²) in [5, 5.41) is 3.92. The number of piperidine rings is 1.